The quantitative estimate of drug-likeness (QED) is 0.235. The molecule has 0 spiro atoms. The van der Waals surface area contributed by atoms with E-state index in [4.69, 9.17) is 9.47 Å². The van der Waals surface area contributed by atoms with E-state index in [1.165, 1.54) is 23.8 Å². The zero-order valence-corrected chi connectivity index (χ0v) is 19.0. The molecule has 34 heavy (non-hydrogen) atoms. The summed E-state index contributed by atoms with van der Waals surface area (Å²) in [6, 6.07) is 30.3. The van der Waals surface area contributed by atoms with E-state index in [0.29, 0.717) is 12.2 Å². The lowest BCUT2D eigenvalue weighted by atomic mass is 10.0. The van der Waals surface area contributed by atoms with Gasteiger partial charge in [-0.2, -0.15) is 0 Å². The van der Waals surface area contributed by atoms with Crippen LogP contribution in [0.5, 0.6) is 17.2 Å². The molecule has 0 unspecified atom stereocenters. The Kier molecular flexibility index (Phi) is 7.41. The minimum Gasteiger partial charge on any atom is -0.508 e. The second-order valence-corrected chi connectivity index (χ2v) is 7.88. The Bertz CT molecular complexity index is 1290. The summed E-state index contributed by atoms with van der Waals surface area (Å²) in [6.07, 6.45) is 4.03. The number of hydrogen-bond donors (Lipinski definition) is 1. The van der Waals surface area contributed by atoms with Crippen LogP contribution in [0.2, 0.25) is 0 Å². The molecule has 4 rings (SSSR count). The molecule has 4 aromatic carbocycles. The molecule has 0 aromatic heterocycles. The lowest BCUT2D eigenvalue weighted by molar-refractivity contribution is 0.104. The number of phenolic OH excluding ortho intramolecular Hbond substituents is 1. The number of phenols is 1. The maximum atomic E-state index is 12.4. The van der Waals surface area contributed by atoms with Crippen molar-refractivity contribution in [2.75, 3.05) is 7.11 Å². The Balaban J connectivity index is 1.49. The number of hydrogen-bond acceptors (Lipinski definition) is 4. The minimum absolute atomic E-state index is 0.0654. The Morgan fingerprint density at radius 3 is 2.41 bits per heavy atom. The first-order chi connectivity index (χ1) is 16.6. The van der Waals surface area contributed by atoms with E-state index in [1.807, 2.05) is 54.6 Å². The molecule has 1 N–H and O–H groups in total. The van der Waals surface area contributed by atoms with Gasteiger partial charge >= 0.3 is 0 Å². The fourth-order valence-electron chi connectivity index (χ4n) is 3.70. The maximum absolute atomic E-state index is 12.4. The number of carbonyl (C=O) groups excluding carboxylic acids is 1. The Morgan fingerprint density at radius 2 is 1.62 bits per heavy atom. The molecule has 0 aliphatic rings. The van der Waals surface area contributed by atoms with Gasteiger partial charge in [0, 0.05) is 17.5 Å². The molecule has 0 aliphatic heterocycles. The zero-order chi connectivity index (χ0) is 23.8. The first-order valence-corrected chi connectivity index (χ1v) is 11.1. The third kappa shape index (κ3) is 5.93. The highest BCUT2D eigenvalue weighted by atomic mass is 16.5. The first-order valence-electron chi connectivity index (χ1n) is 11.1. The molecular weight excluding hydrogens is 424 g/mol. The molecule has 0 aliphatic carbocycles. The number of ether oxygens (including phenoxy) is 2. The van der Waals surface area contributed by atoms with E-state index in [0.717, 1.165) is 34.6 Å². The van der Waals surface area contributed by atoms with Crippen molar-refractivity contribution in [3.05, 3.63) is 131 Å². The van der Waals surface area contributed by atoms with E-state index >= 15 is 0 Å². The summed E-state index contributed by atoms with van der Waals surface area (Å²) in [6.45, 7) is 0.331. The van der Waals surface area contributed by atoms with Crippen LogP contribution in [0, 0.1) is 0 Å². The molecule has 4 nitrogen and oxygen atoms in total. The summed E-state index contributed by atoms with van der Waals surface area (Å²) in [5, 5.41) is 9.59. The standard InChI is InChI=1S/C30H26O4/c1-33-29-17-15-23(14-16-28(32)24-11-7-12-27(31)20-24)19-26(29)21-34-30-13-6-5-10-25(30)18-22-8-3-2-4-9-22/h2-17,19-20,31H,18,21H2,1H3/b16-14+. The summed E-state index contributed by atoms with van der Waals surface area (Å²) < 4.78 is 11.7. The largest absolute Gasteiger partial charge is 0.508 e. The second kappa shape index (κ2) is 11.0. The van der Waals surface area contributed by atoms with Gasteiger partial charge in [0.15, 0.2) is 5.78 Å². The van der Waals surface area contributed by atoms with Crippen LogP contribution < -0.4 is 9.47 Å². The monoisotopic (exact) mass is 450 g/mol. The van der Waals surface area contributed by atoms with Crippen LogP contribution in [0.1, 0.15) is 32.6 Å². The normalized spacial score (nSPS) is 10.9. The molecule has 0 bridgehead atoms. The fraction of sp³-hybridized carbons (Fsp3) is 0.100. The van der Waals surface area contributed by atoms with Gasteiger partial charge in [0.25, 0.3) is 0 Å². The summed E-state index contributed by atoms with van der Waals surface area (Å²) >= 11 is 0. The van der Waals surface area contributed by atoms with Gasteiger partial charge in [-0.25, -0.2) is 0 Å². The van der Waals surface area contributed by atoms with E-state index in [9.17, 15) is 9.90 Å². The maximum Gasteiger partial charge on any atom is 0.185 e. The third-order valence-corrected chi connectivity index (χ3v) is 5.46. The lowest BCUT2D eigenvalue weighted by Gasteiger charge is -2.14. The molecule has 170 valence electrons. The molecule has 0 saturated carbocycles. The number of allylic oxidation sites excluding steroid dienone is 1. The molecule has 0 fully saturated rings. The van der Waals surface area contributed by atoms with Crippen LogP contribution >= 0.6 is 0 Å². The van der Waals surface area contributed by atoms with E-state index in [-0.39, 0.29) is 11.5 Å². The molecule has 0 saturated heterocycles. The summed E-state index contributed by atoms with van der Waals surface area (Å²) in [7, 11) is 1.63. The minimum atomic E-state index is -0.181. The highest BCUT2D eigenvalue weighted by Gasteiger charge is 2.09. The highest BCUT2D eigenvalue weighted by Crippen LogP contribution is 2.26. The van der Waals surface area contributed by atoms with Crippen molar-refractivity contribution in [1.29, 1.82) is 0 Å². The topological polar surface area (TPSA) is 55.8 Å². The molecule has 0 heterocycles. The molecule has 0 amide bonds. The summed E-state index contributed by atoms with van der Waals surface area (Å²) in [5.41, 5.74) is 4.50. The second-order valence-electron chi connectivity index (χ2n) is 7.88. The average molecular weight is 451 g/mol. The molecule has 4 aromatic rings. The van der Waals surface area contributed by atoms with Gasteiger partial charge in [-0.15, -0.1) is 0 Å². The molecule has 0 atom stereocenters. The van der Waals surface area contributed by atoms with Crippen molar-refractivity contribution >= 4 is 11.9 Å². The first kappa shape index (κ1) is 22.9. The van der Waals surface area contributed by atoms with E-state index < -0.39 is 0 Å². The third-order valence-electron chi connectivity index (χ3n) is 5.46. The average Bonchev–Trinajstić information content (AvgIpc) is 2.87. The molecule has 0 radical (unpaired) electrons. The number of aromatic hydroxyl groups is 1. The van der Waals surface area contributed by atoms with Crippen LogP contribution in [-0.4, -0.2) is 18.0 Å². The Labute approximate surface area is 199 Å². The predicted molar refractivity (Wildman–Crippen MR) is 134 cm³/mol. The van der Waals surface area contributed by atoms with Crippen molar-refractivity contribution in [2.24, 2.45) is 0 Å². The highest BCUT2D eigenvalue weighted by molar-refractivity contribution is 6.07. The smallest absolute Gasteiger partial charge is 0.185 e. The van der Waals surface area contributed by atoms with E-state index in [2.05, 4.69) is 18.2 Å². The van der Waals surface area contributed by atoms with Crippen molar-refractivity contribution in [2.45, 2.75) is 13.0 Å². The van der Waals surface area contributed by atoms with Gasteiger partial charge in [-0.05, 0) is 53.1 Å². The van der Waals surface area contributed by atoms with Gasteiger partial charge in [0.1, 0.15) is 23.9 Å². The van der Waals surface area contributed by atoms with Crippen molar-refractivity contribution in [3.63, 3.8) is 0 Å². The van der Waals surface area contributed by atoms with Gasteiger partial charge in [-0.1, -0.05) is 72.8 Å². The van der Waals surface area contributed by atoms with Crippen LogP contribution in [0.15, 0.2) is 103 Å². The lowest BCUT2D eigenvalue weighted by Crippen LogP contribution is -2.02. The number of ketones is 1. The van der Waals surface area contributed by atoms with E-state index in [1.54, 1.807) is 25.3 Å². The Morgan fingerprint density at radius 1 is 0.824 bits per heavy atom. The zero-order valence-electron chi connectivity index (χ0n) is 19.0. The van der Waals surface area contributed by atoms with Gasteiger partial charge in [0.05, 0.1) is 7.11 Å². The van der Waals surface area contributed by atoms with Gasteiger partial charge < -0.3 is 14.6 Å². The van der Waals surface area contributed by atoms with Crippen LogP contribution in [0.3, 0.4) is 0 Å². The number of benzene rings is 4. The fourth-order valence-corrected chi connectivity index (χ4v) is 3.70. The number of rotatable bonds is 9. The van der Waals surface area contributed by atoms with Crippen LogP contribution in [0.4, 0.5) is 0 Å². The predicted octanol–water partition coefficient (Wildman–Crippen LogP) is 6.47. The number of methoxy groups -OCH3 is 1. The number of para-hydroxylation sites is 1. The molecule has 4 heteroatoms. The summed E-state index contributed by atoms with van der Waals surface area (Å²) in [4.78, 5) is 12.4. The SMILES string of the molecule is COc1ccc(/C=C/C(=O)c2cccc(O)c2)cc1COc1ccccc1Cc1ccccc1. The number of carbonyl (C=O) groups is 1. The van der Waals surface area contributed by atoms with Gasteiger partial charge in [0.2, 0.25) is 0 Å². The van der Waals surface area contributed by atoms with Crippen LogP contribution in [0.25, 0.3) is 6.08 Å². The summed E-state index contributed by atoms with van der Waals surface area (Å²) in [5.74, 6) is 1.43. The van der Waals surface area contributed by atoms with Crippen molar-refractivity contribution in [3.8, 4) is 17.2 Å². The van der Waals surface area contributed by atoms with Gasteiger partial charge in [-0.3, -0.25) is 4.79 Å². The van der Waals surface area contributed by atoms with Crippen molar-refractivity contribution in [1.82, 2.24) is 0 Å². The van der Waals surface area contributed by atoms with Crippen LogP contribution in [-0.2, 0) is 13.0 Å². The van der Waals surface area contributed by atoms with Crippen molar-refractivity contribution < 1.29 is 19.4 Å². The molecular formula is C30H26O4. The Hall–Kier alpha value is -4.31.